The molecule has 11 nitrogen and oxygen atoms in total. The van der Waals surface area contributed by atoms with Gasteiger partial charge in [-0.3, -0.25) is 9.11 Å². The molecule has 0 saturated carbocycles. The molecule has 0 radical (unpaired) electrons. The van der Waals surface area contributed by atoms with Crippen molar-refractivity contribution in [2.75, 3.05) is 34.5 Å². The van der Waals surface area contributed by atoms with Gasteiger partial charge in [0.2, 0.25) is 0 Å². The molecule has 0 aliphatic rings. The minimum Gasteiger partial charge on any atom is -0.381 e. The quantitative estimate of drug-likeness (QED) is 0.356. The Labute approximate surface area is 148 Å². The van der Waals surface area contributed by atoms with Crippen molar-refractivity contribution in [2.45, 2.75) is 44.0 Å². The summed E-state index contributed by atoms with van der Waals surface area (Å²) in [6.45, 7) is -0.493. The van der Waals surface area contributed by atoms with Crippen LogP contribution in [-0.4, -0.2) is 78.8 Å². The molecule has 2 N–H and O–H groups in total. The monoisotopic (exact) mass is 410 g/mol. The summed E-state index contributed by atoms with van der Waals surface area (Å²) in [6, 6.07) is 0. The lowest BCUT2D eigenvalue weighted by atomic mass is 10.0. The summed E-state index contributed by atoms with van der Waals surface area (Å²) in [7, 11) is -4.63. The number of hydrogen-bond donors (Lipinski definition) is 2. The molecule has 0 aromatic rings. The summed E-state index contributed by atoms with van der Waals surface area (Å²) in [5, 5.41) is 0. The van der Waals surface area contributed by atoms with E-state index in [1.807, 2.05) is 0 Å². The number of ether oxygens (including phenoxy) is 3. The van der Waals surface area contributed by atoms with Crippen LogP contribution in [0.3, 0.4) is 0 Å². The molecule has 0 fully saturated rings. The highest BCUT2D eigenvalue weighted by Gasteiger charge is 2.21. The predicted molar refractivity (Wildman–Crippen MR) is 85.9 cm³/mol. The Kier molecular flexibility index (Phi) is 11.9. The Morgan fingerprint density at radius 3 is 1.24 bits per heavy atom. The fourth-order valence-electron chi connectivity index (χ4n) is 2.11. The first kappa shape index (κ1) is 24.6. The van der Waals surface area contributed by atoms with Crippen LogP contribution in [0.4, 0.5) is 0 Å². The highest BCUT2D eigenvalue weighted by Crippen LogP contribution is 2.17. The fraction of sp³-hybridized carbons (Fsp3) is 1.00. The Bertz CT molecular complexity index is 497. The predicted octanol–water partition coefficient (Wildman–Crippen LogP) is 0.231. The number of hydrogen-bond acceptors (Lipinski definition) is 9. The zero-order valence-electron chi connectivity index (χ0n) is 14.4. The molecule has 152 valence electrons. The van der Waals surface area contributed by atoms with E-state index in [0.717, 1.165) is 0 Å². The van der Waals surface area contributed by atoms with E-state index >= 15 is 0 Å². The van der Waals surface area contributed by atoms with Crippen molar-refractivity contribution in [2.24, 2.45) is 0 Å². The van der Waals surface area contributed by atoms with Crippen molar-refractivity contribution in [1.29, 1.82) is 0 Å². The van der Waals surface area contributed by atoms with Crippen molar-refractivity contribution in [3.63, 3.8) is 0 Å². The van der Waals surface area contributed by atoms with E-state index in [4.69, 9.17) is 23.3 Å². The summed E-state index contributed by atoms with van der Waals surface area (Å²) in [4.78, 5) is 0. The van der Waals surface area contributed by atoms with Crippen LogP contribution >= 0.6 is 0 Å². The van der Waals surface area contributed by atoms with Crippen LogP contribution in [0, 0.1) is 0 Å². The van der Waals surface area contributed by atoms with Gasteiger partial charge < -0.3 is 14.2 Å². The molecule has 0 aliphatic carbocycles. The van der Waals surface area contributed by atoms with Crippen molar-refractivity contribution >= 4 is 20.8 Å². The molecule has 0 amide bonds. The zero-order chi connectivity index (χ0) is 19.5. The number of rotatable bonds is 15. The maximum atomic E-state index is 10.5. The molecule has 13 heteroatoms. The lowest BCUT2D eigenvalue weighted by Crippen LogP contribution is -2.28. The molecule has 0 aliphatic heterocycles. The van der Waals surface area contributed by atoms with E-state index in [1.165, 1.54) is 21.3 Å². The van der Waals surface area contributed by atoms with Gasteiger partial charge in [-0.25, -0.2) is 8.37 Å². The molecule has 2 unspecified atom stereocenters. The molecule has 25 heavy (non-hydrogen) atoms. The second kappa shape index (κ2) is 12.1. The number of methoxy groups -OCH3 is 3. The van der Waals surface area contributed by atoms with Crippen LogP contribution in [0.5, 0.6) is 0 Å². The van der Waals surface area contributed by atoms with Crippen LogP contribution in [0.2, 0.25) is 0 Å². The fourth-order valence-corrected chi connectivity index (χ4v) is 2.72. The molecule has 0 rings (SSSR count). The van der Waals surface area contributed by atoms with Crippen molar-refractivity contribution in [3.05, 3.63) is 0 Å². The van der Waals surface area contributed by atoms with Gasteiger partial charge in [-0.05, 0) is 25.7 Å². The largest absolute Gasteiger partial charge is 0.397 e. The van der Waals surface area contributed by atoms with Gasteiger partial charge in [0.1, 0.15) is 0 Å². The second-order valence-electron chi connectivity index (χ2n) is 5.12. The average molecular weight is 410 g/mol. The topological polar surface area (TPSA) is 155 Å². The summed E-state index contributed by atoms with van der Waals surface area (Å²) in [5.41, 5.74) is 0. The van der Waals surface area contributed by atoms with E-state index in [-0.39, 0.29) is 32.2 Å². The standard InChI is InChI=1S/C12H26O11S2/c1-19-10(4-6-22-24(13,14)15)8-12(21-3)9-11(20-2)5-7-23-25(16,17)18/h10-12H,4-9H2,1-3H3,(H,13,14,15)(H,16,17,18). The molecule has 2 atom stereocenters. The van der Waals surface area contributed by atoms with Crippen LogP contribution < -0.4 is 0 Å². The van der Waals surface area contributed by atoms with Gasteiger partial charge >= 0.3 is 20.8 Å². The summed E-state index contributed by atoms with van der Waals surface area (Å²) in [6.07, 6.45) is 0.0871. The van der Waals surface area contributed by atoms with Crippen molar-refractivity contribution in [1.82, 2.24) is 0 Å². The Hall–Kier alpha value is -0.380. The first-order valence-corrected chi connectivity index (χ1v) is 10.1. The van der Waals surface area contributed by atoms with Gasteiger partial charge in [-0.15, -0.1) is 0 Å². The average Bonchev–Trinajstić information content (AvgIpc) is 2.49. The summed E-state index contributed by atoms with van der Waals surface area (Å²) < 4.78 is 83.4. The SMILES string of the molecule is COC(CCOS(=O)(=O)O)CC(CC(CCOS(=O)(=O)O)OC)OC. The third kappa shape index (κ3) is 14.5. The Balaban J connectivity index is 4.41. The molecular weight excluding hydrogens is 384 g/mol. The van der Waals surface area contributed by atoms with Crippen LogP contribution in [0.1, 0.15) is 25.7 Å². The van der Waals surface area contributed by atoms with Gasteiger partial charge in [0, 0.05) is 21.3 Å². The lowest BCUT2D eigenvalue weighted by Gasteiger charge is -2.25. The van der Waals surface area contributed by atoms with E-state index in [9.17, 15) is 16.8 Å². The van der Waals surface area contributed by atoms with Crippen LogP contribution in [0.25, 0.3) is 0 Å². The summed E-state index contributed by atoms with van der Waals surface area (Å²) in [5.74, 6) is 0. The van der Waals surface area contributed by atoms with Crippen molar-refractivity contribution < 1.29 is 48.5 Å². The second-order valence-corrected chi connectivity index (χ2v) is 7.30. The van der Waals surface area contributed by atoms with Crippen molar-refractivity contribution in [3.8, 4) is 0 Å². The van der Waals surface area contributed by atoms with Gasteiger partial charge in [-0.2, -0.15) is 16.8 Å². The molecule has 0 aromatic carbocycles. The van der Waals surface area contributed by atoms with Gasteiger partial charge in [0.05, 0.1) is 31.5 Å². The first-order valence-electron chi connectivity index (χ1n) is 7.32. The Morgan fingerprint density at radius 1 is 0.680 bits per heavy atom. The first-order chi connectivity index (χ1) is 11.5. The Morgan fingerprint density at radius 2 is 1.00 bits per heavy atom. The smallest absolute Gasteiger partial charge is 0.381 e. The third-order valence-corrected chi connectivity index (χ3v) is 4.32. The molecular formula is C12H26O11S2. The van der Waals surface area contributed by atoms with Crippen LogP contribution in [-0.2, 0) is 43.4 Å². The lowest BCUT2D eigenvalue weighted by molar-refractivity contribution is -0.0215. The van der Waals surface area contributed by atoms with Gasteiger partial charge in [0.15, 0.2) is 0 Å². The maximum Gasteiger partial charge on any atom is 0.397 e. The molecule has 0 spiro atoms. The van der Waals surface area contributed by atoms with E-state index in [2.05, 4.69) is 8.37 Å². The van der Waals surface area contributed by atoms with Crippen LogP contribution in [0.15, 0.2) is 0 Å². The maximum absolute atomic E-state index is 10.5. The molecule has 0 bridgehead atoms. The highest BCUT2D eigenvalue weighted by molar-refractivity contribution is 7.81. The molecule has 0 heterocycles. The van der Waals surface area contributed by atoms with Gasteiger partial charge in [0.25, 0.3) is 0 Å². The zero-order valence-corrected chi connectivity index (χ0v) is 16.0. The van der Waals surface area contributed by atoms with E-state index < -0.39 is 33.0 Å². The van der Waals surface area contributed by atoms with E-state index in [0.29, 0.717) is 12.8 Å². The third-order valence-electron chi connectivity index (χ3n) is 3.40. The molecule has 0 saturated heterocycles. The minimum atomic E-state index is -4.50. The highest BCUT2D eigenvalue weighted by atomic mass is 32.3. The normalized spacial score (nSPS) is 16.5. The molecule has 0 aromatic heterocycles. The minimum absolute atomic E-state index is 0.208. The summed E-state index contributed by atoms with van der Waals surface area (Å²) >= 11 is 0. The van der Waals surface area contributed by atoms with E-state index in [1.54, 1.807) is 0 Å². The van der Waals surface area contributed by atoms with Gasteiger partial charge in [-0.1, -0.05) is 0 Å².